The van der Waals surface area contributed by atoms with Gasteiger partial charge in [-0.25, -0.2) is 8.78 Å². The molecular weight excluding hydrogens is 346 g/mol. The first-order valence-corrected chi connectivity index (χ1v) is 9.40. The van der Waals surface area contributed by atoms with Gasteiger partial charge in [-0.2, -0.15) is 0 Å². The Balaban J connectivity index is 1.58. The lowest BCUT2D eigenvalue weighted by Gasteiger charge is -2.37. The monoisotopic (exact) mass is 370 g/mol. The standard InChI is InChI=1S/C22H22F2N2O/c23-19-8-4-17(5-9-19)15-25-12-2-13-26(22(25)21-3-1-14-27-21)16-18-6-10-20(24)11-7-18/h1,3-11,14,22H,2,12-13,15-16H2/p+2. The molecule has 1 aromatic heterocycles. The molecule has 3 nitrogen and oxygen atoms in total. The minimum Gasteiger partial charge on any atom is -0.457 e. The zero-order chi connectivity index (χ0) is 18.6. The molecule has 3 aromatic rings. The molecule has 1 fully saturated rings. The van der Waals surface area contributed by atoms with Crippen LogP contribution >= 0.6 is 0 Å². The lowest BCUT2D eigenvalue weighted by molar-refractivity contribution is -1.16. The molecule has 1 aliphatic rings. The smallest absolute Gasteiger partial charge is 0.273 e. The van der Waals surface area contributed by atoms with Gasteiger partial charge in [0.05, 0.1) is 19.4 Å². The maximum atomic E-state index is 13.2. The van der Waals surface area contributed by atoms with Crippen LogP contribution in [0.1, 0.15) is 29.5 Å². The van der Waals surface area contributed by atoms with E-state index in [4.69, 9.17) is 4.42 Å². The van der Waals surface area contributed by atoms with Gasteiger partial charge in [-0.1, -0.05) is 24.3 Å². The molecule has 2 unspecified atom stereocenters. The van der Waals surface area contributed by atoms with Crippen molar-refractivity contribution in [3.63, 3.8) is 0 Å². The van der Waals surface area contributed by atoms with E-state index in [0.717, 1.165) is 49.5 Å². The van der Waals surface area contributed by atoms with Gasteiger partial charge < -0.3 is 4.42 Å². The maximum absolute atomic E-state index is 13.2. The van der Waals surface area contributed by atoms with Crippen LogP contribution in [0.4, 0.5) is 8.78 Å². The predicted molar refractivity (Wildman–Crippen MR) is 97.9 cm³/mol. The zero-order valence-electron chi connectivity index (χ0n) is 15.1. The molecule has 4 rings (SSSR count). The molecule has 0 aliphatic carbocycles. The number of halogens is 2. The number of benzene rings is 2. The summed E-state index contributed by atoms with van der Waals surface area (Å²) in [6.07, 6.45) is 2.98. The second-order valence-corrected chi connectivity index (χ2v) is 7.22. The van der Waals surface area contributed by atoms with Crippen molar-refractivity contribution in [1.82, 2.24) is 0 Å². The highest BCUT2D eigenvalue weighted by atomic mass is 19.1. The minimum atomic E-state index is -0.210. The van der Waals surface area contributed by atoms with Crippen LogP contribution in [0, 0.1) is 11.6 Å². The van der Waals surface area contributed by atoms with E-state index >= 15 is 0 Å². The molecule has 140 valence electrons. The van der Waals surface area contributed by atoms with Gasteiger partial charge in [0.25, 0.3) is 6.17 Å². The van der Waals surface area contributed by atoms with Gasteiger partial charge in [-0.3, -0.25) is 9.80 Å². The number of hydrogen-bond acceptors (Lipinski definition) is 1. The van der Waals surface area contributed by atoms with Crippen molar-refractivity contribution in [3.8, 4) is 0 Å². The predicted octanol–water partition coefficient (Wildman–Crippen LogP) is 2.13. The van der Waals surface area contributed by atoms with Crippen molar-refractivity contribution in [1.29, 1.82) is 0 Å². The average molecular weight is 370 g/mol. The molecule has 2 atom stereocenters. The van der Waals surface area contributed by atoms with E-state index in [0.29, 0.717) is 0 Å². The summed E-state index contributed by atoms with van der Waals surface area (Å²) in [4.78, 5) is 2.81. The maximum Gasteiger partial charge on any atom is 0.273 e. The quantitative estimate of drug-likeness (QED) is 0.706. The molecule has 0 spiro atoms. The molecular formula is C22H24F2N2O+2. The fourth-order valence-corrected chi connectivity index (χ4v) is 4.09. The van der Waals surface area contributed by atoms with Crippen molar-refractivity contribution >= 4 is 0 Å². The summed E-state index contributed by atoms with van der Waals surface area (Å²) in [5, 5.41) is 0. The van der Waals surface area contributed by atoms with Gasteiger partial charge in [0.15, 0.2) is 0 Å². The molecule has 27 heavy (non-hydrogen) atoms. The first kappa shape index (κ1) is 17.9. The molecule has 2 aromatic carbocycles. The summed E-state index contributed by atoms with van der Waals surface area (Å²) < 4.78 is 32.3. The van der Waals surface area contributed by atoms with Gasteiger partial charge in [-0.05, 0) is 36.4 Å². The third kappa shape index (κ3) is 4.26. The summed E-state index contributed by atoms with van der Waals surface area (Å²) in [6.45, 7) is 3.71. The van der Waals surface area contributed by atoms with E-state index in [9.17, 15) is 8.78 Å². The lowest BCUT2D eigenvalue weighted by Crippen LogP contribution is -3.32. The van der Waals surface area contributed by atoms with Gasteiger partial charge in [0.2, 0.25) is 5.76 Å². The molecule has 0 radical (unpaired) electrons. The van der Waals surface area contributed by atoms with Crippen LogP contribution in [0.15, 0.2) is 71.3 Å². The van der Waals surface area contributed by atoms with Crippen LogP contribution in [-0.4, -0.2) is 13.1 Å². The summed E-state index contributed by atoms with van der Waals surface area (Å²) in [7, 11) is 0. The van der Waals surface area contributed by atoms with E-state index in [1.807, 2.05) is 36.4 Å². The van der Waals surface area contributed by atoms with Gasteiger partial charge in [0, 0.05) is 17.5 Å². The topological polar surface area (TPSA) is 22.0 Å². The molecule has 2 heterocycles. The van der Waals surface area contributed by atoms with Crippen LogP contribution in [0.25, 0.3) is 0 Å². The zero-order valence-corrected chi connectivity index (χ0v) is 15.1. The number of hydrogen-bond donors (Lipinski definition) is 2. The fourth-order valence-electron chi connectivity index (χ4n) is 4.09. The Labute approximate surface area is 157 Å². The molecule has 1 aliphatic heterocycles. The van der Waals surface area contributed by atoms with Gasteiger partial charge in [-0.15, -0.1) is 0 Å². The van der Waals surface area contributed by atoms with E-state index < -0.39 is 0 Å². The molecule has 5 heteroatoms. The normalized spacial score (nSPS) is 22.7. The molecule has 2 N–H and O–H groups in total. The minimum absolute atomic E-state index is 0.156. The molecule has 0 saturated carbocycles. The molecule has 1 saturated heterocycles. The SMILES string of the molecule is Fc1ccc(C[NH+]2CCC[NH+](Cc3ccc(F)cc3)C2c2ccco2)cc1. The Bertz CT molecular complexity index is 792. The second-order valence-electron chi connectivity index (χ2n) is 7.22. The number of quaternary nitrogens is 2. The Morgan fingerprint density at radius 1 is 0.778 bits per heavy atom. The van der Waals surface area contributed by atoms with Gasteiger partial charge in [0.1, 0.15) is 24.7 Å². The summed E-state index contributed by atoms with van der Waals surface area (Å²) in [5.41, 5.74) is 2.23. The van der Waals surface area contributed by atoms with Gasteiger partial charge >= 0.3 is 0 Å². The van der Waals surface area contributed by atoms with Crippen LogP contribution < -0.4 is 9.80 Å². The average Bonchev–Trinajstić information content (AvgIpc) is 3.20. The lowest BCUT2D eigenvalue weighted by atomic mass is 10.1. The molecule has 0 amide bonds. The van der Waals surface area contributed by atoms with Crippen molar-refractivity contribution < 1.29 is 23.0 Å². The first-order chi connectivity index (χ1) is 13.2. The third-order valence-electron chi connectivity index (χ3n) is 5.33. The van der Waals surface area contributed by atoms with Crippen LogP contribution in [-0.2, 0) is 13.1 Å². The largest absolute Gasteiger partial charge is 0.457 e. The Kier molecular flexibility index (Phi) is 5.32. The van der Waals surface area contributed by atoms with E-state index in [-0.39, 0.29) is 17.8 Å². The van der Waals surface area contributed by atoms with E-state index in [1.165, 1.54) is 34.1 Å². The van der Waals surface area contributed by atoms with Crippen molar-refractivity contribution in [3.05, 3.63) is 95.4 Å². The summed E-state index contributed by atoms with van der Waals surface area (Å²) >= 11 is 0. The molecule has 0 bridgehead atoms. The first-order valence-electron chi connectivity index (χ1n) is 9.40. The number of nitrogens with one attached hydrogen (secondary N) is 2. The van der Waals surface area contributed by atoms with E-state index in [2.05, 4.69) is 0 Å². The van der Waals surface area contributed by atoms with Crippen LogP contribution in [0.2, 0.25) is 0 Å². The fraction of sp³-hybridized carbons (Fsp3) is 0.273. The van der Waals surface area contributed by atoms with Crippen molar-refractivity contribution in [2.24, 2.45) is 0 Å². The second kappa shape index (κ2) is 8.03. The summed E-state index contributed by atoms with van der Waals surface area (Å²) in [5.74, 6) is 0.543. The highest BCUT2D eigenvalue weighted by Gasteiger charge is 2.39. The number of rotatable bonds is 5. The Hall–Kier alpha value is -2.50. The van der Waals surface area contributed by atoms with Crippen LogP contribution in [0.5, 0.6) is 0 Å². The third-order valence-corrected chi connectivity index (χ3v) is 5.33. The highest BCUT2D eigenvalue weighted by Crippen LogP contribution is 2.10. The number of furan rings is 1. The van der Waals surface area contributed by atoms with Crippen LogP contribution in [0.3, 0.4) is 0 Å². The highest BCUT2D eigenvalue weighted by molar-refractivity contribution is 5.16. The van der Waals surface area contributed by atoms with Crippen molar-refractivity contribution in [2.45, 2.75) is 25.7 Å². The summed E-state index contributed by atoms with van der Waals surface area (Å²) in [6, 6.07) is 17.5. The Morgan fingerprint density at radius 3 is 1.74 bits per heavy atom. The van der Waals surface area contributed by atoms with E-state index in [1.54, 1.807) is 6.26 Å². The Morgan fingerprint density at radius 2 is 1.30 bits per heavy atom. The van der Waals surface area contributed by atoms with Crippen molar-refractivity contribution in [2.75, 3.05) is 13.1 Å².